The summed E-state index contributed by atoms with van der Waals surface area (Å²) in [6.45, 7) is 14.8. The predicted molar refractivity (Wildman–Crippen MR) is 139 cm³/mol. The molecule has 3 aromatic rings. The molecule has 0 bridgehead atoms. The molecule has 31 heavy (non-hydrogen) atoms. The fraction of sp³-hybridized carbons (Fsp3) is 0.400. The normalized spacial score (nSPS) is 12.6. The molecule has 0 nitrogen and oxygen atoms in total. The third-order valence-electron chi connectivity index (χ3n) is 6.74. The molecule has 0 heterocycles. The molecule has 0 saturated carbocycles. The fourth-order valence-electron chi connectivity index (χ4n) is 5.04. The van der Waals surface area contributed by atoms with Gasteiger partial charge in [-0.2, -0.15) is 0 Å². The maximum absolute atomic E-state index is 2.47. The van der Waals surface area contributed by atoms with Crippen molar-refractivity contribution in [3.63, 3.8) is 0 Å². The average molecular weight is 518 g/mol. The van der Waals surface area contributed by atoms with Crippen LogP contribution in [-0.4, -0.2) is 19.8 Å². The second-order valence-corrected chi connectivity index (χ2v) is 18.3. The molecule has 0 spiro atoms. The van der Waals surface area contributed by atoms with E-state index in [1.807, 2.05) is 0 Å². The molecule has 3 rings (SSSR count). The topological polar surface area (TPSA) is 0 Å². The maximum atomic E-state index is 2.47. The Kier molecular flexibility index (Phi) is 7.73. The van der Waals surface area contributed by atoms with Crippen molar-refractivity contribution in [2.45, 2.75) is 71.1 Å². The quantitative estimate of drug-likeness (QED) is 0.250. The standard InChI is InChI=1S/3C10H13.Sn/c3*1-10(2,3)9-7-5-4-6-8-9;/h3*4-8H,1H2,2-3H3;/q;;;+1. The van der Waals surface area contributed by atoms with E-state index in [4.69, 9.17) is 0 Å². The van der Waals surface area contributed by atoms with E-state index in [0.717, 1.165) is 0 Å². The van der Waals surface area contributed by atoms with Gasteiger partial charge in [-0.1, -0.05) is 0 Å². The van der Waals surface area contributed by atoms with Crippen LogP contribution in [-0.2, 0) is 16.2 Å². The predicted octanol–water partition coefficient (Wildman–Crippen LogP) is 8.41. The van der Waals surface area contributed by atoms with Gasteiger partial charge in [-0.3, -0.25) is 0 Å². The van der Waals surface area contributed by atoms with E-state index in [1.165, 1.54) is 30.0 Å². The van der Waals surface area contributed by atoms with E-state index >= 15 is 0 Å². The van der Waals surface area contributed by atoms with Crippen LogP contribution in [0.5, 0.6) is 0 Å². The van der Waals surface area contributed by atoms with E-state index in [1.54, 1.807) is 0 Å². The molecule has 0 aliphatic rings. The molecular formula is C30H39Sn+. The Morgan fingerprint density at radius 1 is 0.419 bits per heavy atom. The number of hydrogen-bond donors (Lipinski definition) is 0. The Morgan fingerprint density at radius 2 is 0.645 bits per heavy atom. The third-order valence-corrected chi connectivity index (χ3v) is 18.6. The van der Waals surface area contributed by atoms with Crippen LogP contribution >= 0.6 is 0 Å². The molecule has 162 valence electrons. The van der Waals surface area contributed by atoms with Crippen LogP contribution in [0.4, 0.5) is 0 Å². The summed E-state index contributed by atoms with van der Waals surface area (Å²) in [6.07, 6.45) is 0. The van der Waals surface area contributed by atoms with Crippen LogP contribution in [0.25, 0.3) is 0 Å². The Labute approximate surface area is 197 Å². The molecular weight excluding hydrogens is 479 g/mol. The van der Waals surface area contributed by atoms with E-state index in [9.17, 15) is 0 Å². The Balaban J connectivity index is 1.90. The molecule has 0 radical (unpaired) electrons. The molecule has 0 N–H and O–H groups in total. The number of rotatable bonds is 9. The zero-order valence-corrected chi connectivity index (χ0v) is 23.1. The van der Waals surface area contributed by atoms with E-state index < -0.39 is 19.8 Å². The SMILES string of the molecule is CC(C)([CH2][Sn+]([CH2]C(C)(C)c1ccccc1)[CH2]C(C)(C)c1ccccc1)c1ccccc1. The van der Waals surface area contributed by atoms with Gasteiger partial charge in [0.25, 0.3) is 0 Å². The van der Waals surface area contributed by atoms with Gasteiger partial charge in [-0.25, -0.2) is 0 Å². The number of benzene rings is 3. The Hall–Kier alpha value is -1.54. The van der Waals surface area contributed by atoms with Crippen molar-refractivity contribution in [3.8, 4) is 0 Å². The van der Waals surface area contributed by atoms with Gasteiger partial charge in [0.2, 0.25) is 0 Å². The van der Waals surface area contributed by atoms with E-state index in [-0.39, 0.29) is 16.2 Å². The van der Waals surface area contributed by atoms with Gasteiger partial charge >= 0.3 is 199 Å². The summed E-state index contributed by atoms with van der Waals surface area (Å²) in [7, 11) is 0. The first kappa shape index (κ1) is 24.1. The first-order chi connectivity index (χ1) is 14.6. The second-order valence-electron chi connectivity index (χ2n) is 11.0. The molecule has 3 aromatic carbocycles. The second kappa shape index (κ2) is 9.94. The number of hydrogen-bond acceptors (Lipinski definition) is 0. The van der Waals surface area contributed by atoms with Gasteiger partial charge in [0.15, 0.2) is 0 Å². The molecule has 1 heteroatoms. The molecule has 0 amide bonds. The first-order valence-corrected chi connectivity index (χ1v) is 17.7. The van der Waals surface area contributed by atoms with Gasteiger partial charge in [0, 0.05) is 0 Å². The van der Waals surface area contributed by atoms with Crippen molar-refractivity contribution in [3.05, 3.63) is 108 Å². The summed E-state index contributed by atoms with van der Waals surface area (Å²) in [5.41, 5.74) is 5.16. The van der Waals surface area contributed by atoms with Crippen LogP contribution in [0, 0.1) is 0 Å². The molecule has 0 fully saturated rings. The van der Waals surface area contributed by atoms with Gasteiger partial charge in [0.05, 0.1) is 0 Å². The summed E-state index contributed by atoms with van der Waals surface area (Å²) in [5.74, 6) is 0. The fourth-order valence-corrected chi connectivity index (χ4v) is 18.6. The van der Waals surface area contributed by atoms with Crippen LogP contribution in [0.1, 0.15) is 58.2 Å². The van der Waals surface area contributed by atoms with Crippen LogP contribution in [0.15, 0.2) is 91.0 Å². The van der Waals surface area contributed by atoms with Crippen LogP contribution < -0.4 is 0 Å². The van der Waals surface area contributed by atoms with Crippen molar-refractivity contribution in [1.82, 2.24) is 0 Å². The van der Waals surface area contributed by atoms with E-state index in [2.05, 4.69) is 133 Å². The summed E-state index contributed by atoms with van der Waals surface area (Å²) < 4.78 is 4.14. The van der Waals surface area contributed by atoms with Crippen LogP contribution in [0.3, 0.4) is 0 Å². The molecule has 0 unspecified atom stereocenters. The summed E-state index contributed by atoms with van der Waals surface area (Å²) in [6, 6.07) is 33.5. The first-order valence-electron chi connectivity index (χ1n) is 11.6. The zero-order chi connectivity index (χ0) is 22.5. The minimum atomic E-state index is -1.84. The Morgan fingerprint density at radius 3 is 0.871 bits per heavy atom. The van der Waals surface area contributed by atoms with Crippen molar-refractivity contribution in [1.29, 1.82) is 0 Å². The summed E-state index contributed by atoms with van der Waals surface area (Å²) in [5, 5.41) is 0. The van der Waals surface area contributed by atoms with E-state index in [0.29, 0.717) is 0 Å². The van der Waals surface area contributed by atoms with Gasteiger partial charge in [-0.05, 0) is 0 Å². The summed E-state index contributed by atoms with van der Waals surface area (Å²) >= 11 is -1.84. The van der Waals surface area contributed by atoms with Crippen molar-refractivity contribution < 1.29 is 0 Å². The third kappa shape index (κ3) is 6.48. The Bertz CT molecular complexity index is 797. The van der Waals surface area contributed by atoms with Crippen molar-refractivity contribution >= 4 is 19.8 Å². The van der Waals surface area contributed by atoms with Gasteiger partial charge in [0.1, 0.15) is 0 Å². The molecule has 0 saturated heterocycles. The molecule has 0 aromatic heterocycles. The van der Waals surface area contributed by atoms with Crippen molar-refractivity contribution in [2.24, 2.45) is 0 Å². The zero-order valence-electron chi connectivity index (χ0n) is 20.3. The minimum absolute atomic E-state index is 0.232. The molecule has 0 atom stereocenters. The van der Waals surface area contributed by atoms with Gasteiger partial charge in [-0.15, -0.1) is 0 Å². The average Bonchev–Trinajstić information content (AvgIpc) is 2.75. The molecule has 0 aliphatic heterocycles. The van der Waals surface area contributed by atoms with Gasteiger partial charge < -0.3 is 0 Å². The monoisotopic (exact) mass is 519 g/mol. The summed E-state index contributed by atoms with van der Waals surface area (Å²) in [4.78, 5) is 0. The van der Waals surface area contributed by atoms with Crippen molar-refractivity contribution in [2.75, 3.05) is 0 Å². The molecule has 0 aliphatic carbocycles. The van der Waals surface area contributed by atoms with Crippen LogP contribution in [0.2, 0.25) is 13.3 Å².